The van der Waals surface area contributed by atoms with Gasteiger partial charge < -0.3 is 4.98 Å². The Hall–Kier alpha value is -2.44. The van der Waals surface area contributed by atoms with Crippen LogP contribution in [0.2, 0.25) is 5.02 Å². The summed E-state index contributed by atoms with van der Waals surface area (Å²) < 4.78 is 1.28. The van der Waals surface area contributed by atoms with Crippen molar-refractivity contribution in [1.82, 2.24) is 9.66 Å². The number of aromatic nitrogens is 2. The fourth-order valence-corrected chi connectivity index (χ4v) is 3.38. The molecule has 0 spiro atoms. The average molecular weight is 372 g/mol. The van der Waals surface area contributed by atoms with Crippen LogP contribution in [0.25, 0.3) is 10.9 Å². The van der Waals surface area contributed by atoms with Crippen molar-refractivity contribution in [1.29, 1.82) is 0 Å². The highest BCUT2D eigenvalue weighted by molar-refractivity contribution is 7.71. The summed E-state index contributed by atoms with van der Waals surface area (Å²) >= 11 is 11.1. The number of hydrogen-bond acceptors (Lipinski definition) is 3. The number of nitrogens with one attached hydrogen (secondary N) is 2. The fraction of sp³-hybridized carbons (Fsp3) is 0.167. The van der Waals surface area contributed by atoms with Crippen LogP contribution in [-0.4, -0.2) is 15.6 Å². The zero-order valence-corrected chi connectivity index (χ0v) is 14.6. The molecule has 1 fully saturated rings. The smallest absolute Gasteiger partial charge is 0.281 e. The lowest BCUT2D eigenvalue weighted by molar-refractivity contribution is -0.118. The first kappa shape index (κ1) is 16.1. The number of benzene rings is 2. The predicted octanol–water partition coefficient (Wildman–Crippen LogP) is 3.59. The van der Waals surface area contributed by atoms with Crippen molar-refractivity contribution in [3.8, 4) is 0 Å². The summed E-state index contributed by atoms with van der Waals surface area (Å²) in [6.45, 7) is 0. The molecule has 7 heteroatoms. The Labute approximate surface area is 153 Å². The summed E-state index contributed by atoms with van der Waals surface area (Å²) in [6, 6.07) is 14.5. The molecule has 2 N–H and O–H groups in total. The Balaban J connectivity index is 1.58. The Morgan fingerprint density at radius 1 is 1.20 bits per heavy atom. The van der Waals surface area contributed by atoms with E-state index >= 15 is 0 Å². The minimum Gasteiger partial charge on any atom is -0.330 e. The van der Waals surface area contributed by atoms with Crippen molar-refractivity contribution in [3.05, 3.63) is 74.2 Å². The summed E-state index contributed by atoms with van der Waals surface area (Å²) in [6.07, 6.45) is 0.742. The minimum atomic E-state index is -0.337. The van der Waals surface area contributed by atoms with Crippen LogP contribution in [-0.2, 0) is 4.79 Å². The molecule has 3 aromatic rings. The van der Waals surface area contributed by atoms with Gasteiger partial charge in [-0.3, -0.25) is 15.0 Å². The molecular weight excluding hydrogens is 358 g/mol. The molecule has 1 saturated carbocycles. The van der Waals surface area contributed by atoms with Crippen molar-refractivity contribution in [2.75, 3.05) is 5.43 Å². The maximum atomic E-state index is 12.6. The van der Waals surface area contributed by atoms with E-state index in [0.29, 0.717) is 15.9 Å². The molecule has 4 rings (SSSR count). The topological polar surface area (TPSA) is 66.9 Å². The third-order valence-corrected chi connectivity index (χ3v) is 4.99. The fourth-order valence-electron chi connectivity index (χ4n) is 3.02. The van der Waals surface area contributed by atoms with E-state index in [1.54, 1.807) is 18.2 Å². The van der Waals surface area contributed by atoms with E-state index in [9.17, 15) is 9.59 Å². The van der Waals surface area contributed by atoms with E-state index in [0.717, 1.165) is 16.7 Å². The lowest BCUT2D eigenvalue weighted by Gasteiger charge is -2.09. The number of nitrogens with zero attached hydrogens (tertiary/aromatic N) is 1. The minimum absolute atomic E-state index is 0.144. The van der Waals surface area contributed by atoms with Crippen LogP contribution in [0, 0.1) is 10.7 Å². The van der Waals surface area contributed by atoms with Gasteiger partial charge in [0.1, 0.15) is 0 Å². The first-order chi connectivity index (χ1) is 12.0. The second kappa shape index (κ2) is 6.13. The van der Waals surface area contributed by atoms with Crippen molar-refractivity contribution in [2.24, 2.45) is 5.92 Å². The van der Waals surface area contributed by atoms with Crippen LogP contribution < -0.4 is 11.0 Å². The predicted molar refractivity (Wildman–Crippen MR) is 100 cm³/mol. The number of halogens is 1. The van der Waals surface area contributed by atoms with Gasteiger partial charge in [0, 0.05) is 10.9 Å². The molecule has 1 aromatic heterocycles. The van der Waals surface area contributed by atoms with Gasteiger partial charge >= 0.3 is 0 Å². The molecular formula is C18H14ClN3O2S. The Morgan fingerprint density at radius 2 is 1.92 bits per heavy atom. The summed E-state index contributed by atoms with van der Waals surface area (Å²) in [5, 5.41) is 1.14. The van der Waals surface area contributed by atoms with Crippen LogP contribution in [0.4, 0.5) is 0 Å². The number of H-pyrrole nitrogens is 1. The van der Waals surface area contributed by atoms with Gasteiger partial charge in [-0.25, -0.2) is 0 Å². The van der Waals surface area contributed by atoms with Crippen molar-refractivity contribution in [3.63, 3.8) is 0 Å². The molecule has 0 aliphatic heterocycles. The molecule has 0 saturated heterocycles. The Bertz CT molecular complexity index is 1090. The van der Waals surface area contributed by atoms with Crippen molar-refractivity contribution >= 4 is 40.6 Å². The third kappa shape index (κ3) is 2.99. The summed E-state index contributed by atoms with van der Waals surface area (Å²) in [4.78, 5) is 28.0. The SMILES string of the molecule is O=C(Nn1c(=S)[nH]c2ccccc2c1=O)[C@H]1C[C@@H]1c1ccc(Cl)cc1. The molecule has 25 heavy (non-hydrogen) atoms. The average Bonchev–Trinajstić information content (AvgIpc) is 3.40. The number of para-hydroxylation sites is 1. The molecule has 0 radical (unpaired) electrons. The molecule has 5 nitrogen and oxygen atoms in total. The first-order valence-corrected chi connectivity index (χ1v) is 8.63. The summed E-state index contributed by atoms with van der Waals surface area (Å²) in [5.41, 5.74) is 4.03. The maximum absolute atomic E-state index is 12.6. The third-order valence-electron chi connectivity index (χ3n) is 4.45. The Morgan fingerprint density at radius 3 is 2.68 bits per heavy atom. The molecule has 0 unspecified atom stereocenters. The molecule has 1 aliphatic rings. The second-order valence-corrected chi connectivity index (χ2v) is 6.92. The van der Waals surface area contributed by atoms with Gasteiger partial charge in [-0.1, -0.05) is 35.9 Å². The van der Waals surface area contributed by atoms with Crippen molar-refractivity contribution in [2.45, 2.75) is 12.3 Å². The first-order valence-electron chi connectivity index (χ1n) is 7.85. The zero-order valence-electron chi connectivity index (χ0n) is 13.0. The van der Waals surface area contributed by atoms with Crippen LogP contribution in [0.15, 0.2) is 53.3 Å². The molecule has 2 aromatic carbocycles. The largest absolute Gasteiger partial charge is 0.330 e. The van der Waals surface area contributed by atoms with Gasteiger partial charge in [-0.15, -0.1) is 0 Å². The van der Waals surface area contributed by atoms with Gasteiger partial charge in [-0.2, -0.15) is 4.68 Å². The lowest BCUT2D eigenvalue weighted by atomic mass is 10.1. The summed E-state index contributed by atoms with van der Waals surface area (Å²) in [5.74, 6) is -0.239. The Kier molecular flexibility index (Phi) is 3.94. The molecule has 0 bridgehead atoms. The zero-order chi connectivity index (χ0) is 17.6. The quantitative estimate of drug-likeness (QED) is 0.691. The number of fused-ring (bicyclic) bond motifs is 1. The maximum Gasteiger partial charge on any atom is 0.281 e. The van der Waals surface area contributed by atoms with Crippen LogP contribution >= 0.6 is 23.8 Å². The van der Waals surface area contributed by atoms with E-state index in [4.69, 9.17) is 23.8 Å². The van der Waals surface area contributed by atoms with Crippen LogP contribution in [0.1, 0.15) is 17.9 Å². The number of rotatable bonds is 3. The number of carbonyl (C=O) groups excluding carboxylic acids is 1. The van der Waals surface area contributed by atoms with E-state index in [-0.39, 0.29) is 28.1 Å². The van der Waals surface area contributed by atoms with Crippen molar-refractivity contribution < 1.29 is 4.79 Å². The molecule has 126 valence electrons. The van der Waals surface area contributed by atoms with Crippen LogP contribution in [0.3, 0.4) is 0 Å². The number of hydrogen-bond donors (Lipinski definition) is 2. The van der Waals surface area contributed by atoms with E-state index in [1.165, 1.54) is 0 Å². The van der Waals surface area contributed by atoms with E-state index < -0.39 is 0 Å². The van der Waals surface area contributed by atoms with E-state index in [2.05, 4.69) is 10.4 Å². The standard InChI is InChI=1S/C18H14ClN3O2S/c19-11-7-5-10(6-8-11)13-9-14(13)16(23)21-22-17(24)12-3-1-2-4-15(12)20-18(22)25/h1-8,13-14H,9H2,(H,20,25)(H,21,23)/t13-,14+/m1/s1. The number of aromatic amines is 1. The summed E-state index contributed by atoms with van der Waals surface area (Å²) in [7, 11) is 0. The van der Waals surface area contributed by atoms with Gasteiger partial charge in [0.05, 0.1) is 10.9 Å². The van der Waals surface area contributed by atoms with Crippen LogP contribution in [0.5, 0.6) is 0 Å². The lowest BCUT2D eigenvalue weighted by Crippen LogP contribution is -2.35. The molecule has 1 amide bonds. The van der Waals surface area contributed by atoms with Gasteiger partial charge in [0.15, 0.2) is 4.77 Å². The van der Waals surface area contributed by atoms with Gasteiger partial charge in [0.2, 0.25) is 5.91 Å². The highest BCUT2D eigenvalue weighted by Gasteiger charge is 2.44. The molecule has 1 heterocycles. The van der Waals surface area contributed by atoms with Gasteiger partial charge in [-0.05, 0) is 54.4 Å². The highest BCUT2D eigenvalue weighted by Crippen LogP contribution is 2.47. The normalized spacial score (nSPS) is 18.9. The molecule has 2 atom stereocenters. The monoisotopic (exact) mass is 371 g/mol. The second-order valence-electron chi connectivity index (χ2n) is 6.09. The molecule has 1 aliphatic carbocycles. The number of carbonyl (C=O) groups is 1. The number of amides is 1. The van der Waals surface area contributed by atoms with E-state index in [1.807, 2.05) is 30.3 Å². The highest BCUT2D eigenvalue weighted by atomic mass is 35.5. The van der Waals surface area contributed by atoms with Gasteiger partial charge in [0.25, 0.3) is 5.56 Å².